The van der Waals surface area contributed by atoms with Crippen molar-refractivity contribution in [1.29, 1.82) is 0 Å². The highest BCUT2D eigenvalue weighted by atomic mass is 35.5. The summed E-state index contributed by atoms with van der Waals surface area (Å²) in [7, 11) is 0. The van der Waals surface area contributed by atoms with Crippen molar-refractivity contribution in [2.24, 2.45) is 5.73 Å². The average Bonchev–Trinajstić information content (AvgIpc) is 3.22. The van der Waals surface area contributed by atoms with E-state index in [0.29, 0.717) is 43.0 Å². The molecule has 0 bridgehead atoms. The molecule has 0 radical (unpaired) electrons. The molecule has 138 valence electrons. The van der Waals surface area contributed by atoms with E-state index in [1.165, 1.54) is 0 Å². The van der Waals surface area contributed by atoms with Gasteiger partial charge < -0.3 is 25.4 Å². The molecule has 2 aliphatic rings. The normalized spacial score (nSPS) is 19.3. The highest BCUT2D eigenvalue weighted by Crippen LogP contribution is 2.33. The van der Waals surface area contributed by atoms with Gasteiger partial charge in [-0.2, -0.15) is 0 Å². The Balaban J connectivity index is 0.00000225. The van der Waals surface area contributed by atoms with Crippen molar-refractivity contribution in [3.05, 3.63) is 23.8 Å². The molecule has 2 amide bonds. The van der Waals surface area contributed by atoms with E-state index < -0.39 is 6.04 Å². The number of carbonyl (C=O) groups is 2. The molecule has 2 atom stereocenters. The number of nitrogens with two attached hydrogens (primary N) is 1. The van der Waals surface area contributed by atoms with E-state index in [2.05, 4.69) is 5.32 Å². The van der Waals surface area contributed by atoms with Crippen LogP contribution in [0.2, 0.25) is 0 Å². The maximum atomic E-state index is 12.8. The molecule has 2 aliphatic heterocycles. The van der Waals surface area contributed by atoms with Crippen molar-refractivity contribution in [1.82, 2.24) is 10.2 Å². The number of amides is 2. The van der Waals surface area contributed by atoms with Crippen LogP contribution in [0.5, 0.6) is 11.5 Å². The number of benzene rings is 1. The molecule has 0 saturated carbocycles. The first-order chi connectivity index (χ1) is 11.6. The van der Waals surface area contributed by atoms with Gasteiger partial charge in [0, 0.05) is 24.7 Å². The Kier molecular flexibility index (Phi) is 6.50. The third-order valence-corrected chi connectivity index (χ3v) is 4.33. The van der Waals surface area contributed by atoms with Gasteiger partial charge in [-0.3, -0.25) is 9.59 Å². The smallest absolute Gasteiger partial charge is 0.254 e. The van der Waals surface area contributed by atoms with E-state index in [4.69, 9.17) is 15.2 Å². The molecule has 0 aromatic heterocycles. The van der Waals surface area contributed by atoms with Gasteiger partial charge in [-0.25, -0.2) is 0 Å². The van der Waals surface area contributed by atoms with Crippen LogP contribution in [0.15, 0.2) is 18.2 Å². The third-order valence-electron chi connectivity index (χ3n) is 4.33. The number of carbonyl (C=O) groups excluding carboxylic acids is 2. The lowest BCUT2D eigenvalue weighted by Gasteiger charge is -2.24. The SMILES string of the molecule is CC(N)CCNC(=O)C1CCCN1C(=O)c1ccc2c(c1)OCO2.Cl. The highest BCUT2D eigenvalue weighted by Gasteiger charge is 2.34. The van der Waals surface area contributed by atoms with Crippen LogP contribution in [0.25, 0.3) is 0 Å². The van der Waals surface area contributed by atoms with E-state index in [9.17, 15) is 9.59 Å². The minimum atomic E-state index is -0.420. The van der Waals surface area contributed by atoms with E-state index in [-0.39, 0.29) is 37.1 Å². The Hall–Kier alpha value is -1.99. The fourth-order valence-electron chi connectivity index (χ4n) is 3.02. The molecule has 2 heterocycles. The summed E-state index contributed by atoms with van der Waals surface area (Å²) in [6.07, 6.45) is 2.22. The van der Waals surface area contributed by atoms with Crippen LogP contribution in [-0.4, -0.2) is 48.7 Å². The van der Waals surface area contributed by atoms with Crippen molar-refractivity contribution in [3.63, 3.8) is 0 Å². The molecule has 1 saturated heterocycles. The van der Waals surface area contributed by atoms with Crippen molar-refractivity contribution in [2.75, 3.05) is 19.9 Å². The Morgan fingerprint density at radius 1 is 1.36 bits per heavy atom. The minimum Gasteiger partial charge on any atom is -0.454 e. The fraction of sp³-hybridized carbons (Fsp3) is 0.529. The second-order valence-corrected chi connectivity index (χ2v) is 6.28. The maximum Gasteiger partial charge on any atom is 0.254 e. The molecule has 25 heavy (non-hydrogen) atoms. The zero-order chi connectivity index (χ0) is 17.1. The van der Waals surface area contributed by atoms with Crippen LogP contribution < -0.4 is 20.5 Å². The van der Waals surface area contributed by atoms with Crippen molar-refractivity contribution >= 4 is 24.2 Å². The topological polar surface area (TPSA) is 93.9 Å². The highest BCUT2D eigenvalue weighted by molar-refractivity contribution is 5.98. The summed E-state index contributed by atoms with van der Waals surface area (Å²) in [4.78, 5) is 26.8. The van der Waals surface area contributed by atoms with Crippen molar-refractivity contribution < 1.29 is 19.1 Å². The lowest BCUT2D eigenvalue weighted by atomic mass is 10.1. The standard InChI is InChI=1S/C17H23N3O4.ClH/c1-11(18)6-7-19-16(21)13-3-2-8-20(13)17(22)12-4-5-14-15(9-12)24-10-23-14;/h4-5,9,11,13H,2-3,6-8,10,18H2,1H3,(H,19,21);1H. The molecular weight excluding hydrogens is 346 g/mol. The Bertz CT molecular complexity index is 638. The van der Waals surface area contributed by atoms with Crippen LogP contribution in [0.3, 0.4) is 0 Å². The van der Waals surface area contributed by atoms with E-state index in [0.717, 1.165) is 6.42 Å². The zero-order valence-corrected chi connectivity index (χ0v) is 15.0. The van der Waals surface area contributed by atoms with Gasteiger partial charge in [0.05, 0.1) is 0 Å². The number of nitrogens with one attached hydrogen (secondary N) is 1. The number of hydrogen-bond donors (Lipinski definition) is 2. The summed E-state index contributed by atoms with van der Waals surface area (Å²) in [5, 5.41) is 2.88. The molecule has 1 fully saturated rings. The van der Waals surface area contributed by atoms with Gasteiger partial charge in [0.2, 0.25) is 12.7 Å². The van der Waals surface area contributed by atoms with Crippen molar-refractivity contribution in [2.45, 2.75) is 38.3 Å². The zero-order valence-electron chi connectivity index (χ0n) is 14.2. The van der Waals surface area contributed by atoms with E-state index in [1.54, 1.807) is 23.1 Å². The van der Waals surface area contributed by atoms with Gasteiger partial charge in [-0.05, 0) is 44.4 Å². The van der Waals surface area contributed by atoms with Gasteiger partial charge in [0.25, 0.3) is 5.91 Å². The molecule has 1 aromatic rings. The monoisotopic (exact) mass is 369 g/mol. The van der Waals surface area contributed by atoms with Gasteiger partial charge in [-0.15, -0.1) is 12.4 Å². The molecule has 8 heteroatoms. The van der Waals surface area contributed by atoms with Crippen LogP contribution in [0.4, 0.5) is 0 Å². The predicted molar refractivity (Wildman–Crippen MR) is 95.1 cm³/mol. The lowest BCUT2D eigenvalue weighted by Crippen LogP contribution is -2.46. The number of hydrogen-bond acceptors (Lipinski definition) is 5. The Morgan fingerprint density at radius 3 is 2.88 bits per heavy atom. The van der Waals surface area contributed by atoms with Crippen LogP contribution >= 0.6 is 12.4 Å². The van der Waals surface area contributed by atoms with Crippen LogP contribution in [0, 0.1) is 0 Å². The first kappa shape index (κ1) is 19.3. The molecule has 3 rings (SSSR count). The molecular formula is C17H24ClN3O4. The largest absolute Gasteiger partial charge is 0.454 e. The molecule has 1 aromatic carbocycles. The summed E-state index contributed by atoms with van der Waals surface area (Å²) in [5.41, 5.74) is 6.20. The average molecular weight is 370 g/mol. The number of ether oxygens (including phenoxy) is 2. The fourth-order valence-corrected chi connectivity index (χ4v) is 3.02. The number of fused-ring (bicyclic) bond motifs is 1. The van der Waals surface area contributed by atoms with Crippen LogP contribution in [0.1, 0.15) is 36.5 Å². The van der Waals surface area contributed by atoms with E-state index >= 15 is 0 Å². The molecule has 3 N–H and O–H groups in total. The summed E-state index contributed by atoms with van der Waals surface area (Å²) >= 11 is 0. The second-order valence-electron chi connectivity index (χ2n) is 6.28. The van der Waals surface area contributed by atoms with Gasteiger partial charge in [-0.1, -0.05) is 0 Å². The first-order valence-corrected chi connectivity index (χ1v) is 8.30. The number of rotatable bonds is 5. The number of halogens is 1. The van der Waals surface area contributed by atoms with Gasteiger partial charge >= 0.3 is 0 Å². The van der Waals surface area contributed by atoms with E-state index in [1.807, 2.05) is 6.92 Å². The number of likely N-dealkylation sites (tertiary alicyclic amines) is 1. The van der Waals surface area contributed by atoms with Crippen LogP contribution in [-0.2, 0) is 4.79 Å². The first-order valence-electron chi connectivity index (χ1n) is 8.30. The summed E-state index contributed by atoms with van der Waals surface area (Å²) in [6, 6.07) is 4.73. The Morgan fingerprint density at radius 2 is 2.12 bits per heavy atom. The maximum absolute atomic E-state index is 12.8. The molecule has 7 nitrogen and oxygen atoms in total. The summed E-state index contributed by atoms with van der Waals surface area (Å²) < 4.78 is 10.6. The molecule has 2 unspecified atom stereocenters. The van der Waals surface area contributed by atoms with Gasteiger partial charge in [0.1, 0.15) is 6.04 Å². The summed E-state index contributed by atoms with van der Waals surface area (Å²) in [5.74, 6) is 0.941. The Labute approximate surface area is 153 Å². The number of nitrogens with zero attached hydrogens (tertiary/aromatic N) is 1. The quantitative estimate of drug-likeness (QED) is 0.815. The van der Waals surface area contributed by atoms with Gasteiger partial charge in [0.15, 0.2) is 11.5 Å². The van der Waals surface area contributed by atoms with Crippen molar-refractivity contribution in [3.8, 4) is 11.5 Å². The minimum absolute atomic E-state index is 0. The summed E-state index contributed by atoms with van der Waals surface area (Å²) in [6.45, 7) is 3.18. The molecule has 0 spiro atoms. The predicted octanol–water partition coefficient (Wildman–Crippen LogP) is 1.30. The molecule has 0 aliphatic carbocycles. The lowest BCUT2D eigenvalue weighted by molar-refractivity contribution is -0.124. The second kappa shape index (κ2) is 8.40. The third kappa shape index (κ3) is 4.35.